The van der Waals surface area contributed by atoms with Crippen LogP contribution in [0, 0.1) is 0 Å². The molecule has 120 valence electrons. The molecule has 21 heavy (non-hydrogen) atoms. The number of phenols is 1. The Kier molecular flexibility index (Phi) is 9.06. The molecule has 0 saturated heterocycles. The summed E-state index contributed by atoms with van der Waals surface area (Å²) < 4.78 is 0. The highest BCUT2D eigenvalue weighted by molar-refractivity contribution is 5.97. The number of para-hydroxylation sites is 1. The molecule has 1 aromatic carbocycles. The number of nitrogens with zero attached hydrogens (tertiary/aromatic N) is 1. The van der Waals surface area contributed by atoms with Crippen molar-refractivity contribution in [2.24, 2.45) is 0 Å². The van der Waals surface area contributed by atoms with Crippen LogP contribution in [0.3, 0.4) is 0 Å². The predicted molar refractivity (Wildman–Crippen MR) is 89.6 cm³/mol. The zero-order valence-electron chi connectivity index (χ0n) is 13.3. The Bertz CT molecular complexity index is 446. The Morgan fingerprint density at radius 2 is 1.90 bits per heavy atom. The van der Waals surface area contributed by atoms with Gasteiger partial charge in [-0.05, 0) is 30.6 Å². The van der Waals surface area contributed by atoms with E-state index in [1.807, 2.05) is 26.0 Å². The SMILES string of the molecule is CCN(CC)CCNC(=O)c1cccc(C(C)C)c1O.Cl. The van der Waals surface area contributed by atoms with E-state index in [9.17, 15) is 9.90 Å². The molecule has 0 aromatic heterocycles. The normalized spacial score (nSPS) is 10.6. The zero-order valence-corrected chi connectivity index (χ0v) is 14.2. The fourth-order valence-corrected chi connectivity index (χ4v) is 2.17. The number of nitrogens with one attached hydrogen (secondary N) is 1. The maximum absolute atomic E-state index is 12.1. The van der Waals surface area contributed by atoms with Gasteiger partial charge in [-0.25, -0.2) is 0 Å². The van der Waals surface area contributed by atoms with Gasteiger partial charge in [0.15, 0.2) is 0 Å². The van der Waals surface area contributed by atoms with E-state index in [0.717, 1.165) is 25.2 Å². The lowest BCUT2D eigenvalue weighted by Crippen LogP contribution is -2.34. The first-order valence-corrected chi connectivity index (χ1v) is 7.33. The number of carbonyl (C=O) groups is 1. The summed E-state index contributed by atoms with van der Waals surface area (Å²) in [7, 11) is 0. The molecular weight excluding hydrogens is 288 g/mol. The minimum absolute atomic E-state index is 0. The van der Waals surface area contributed by atoms with Crippen molar-refractivity contribution >= 4 is 18.3 Å². The second-order valence-electron chi connectivity index (χ2n) is 5.18. The summed E-state index contributed by atoms with van der Waals surface area (Å²) in [6.45, 7) is 11.6. The highest BCUT2D eigenvalue weighted by atomic mass is 35.5. The van der Waals surface area contributed by atoms with E-state index in [4.69, 9.17) is 0 Å². The Balaban J connectivity index is 0.00000400. The van der Waals surface area contributed by atoms with Crippen LogP contribution in [0.4, 0.5) is 0 Å². The molecule has 0 radical (unpaired) electrons. The molecule has 1 rings (SSSR count). The maximum atomic E-state index is 12.1. The average molecular weight is 315 g/mol. The highest BCUT2D eigenvalue weighted by Crippen LogP contribution is 2.28. The Hall–Kier alpha value is -1.26. The summed E-state index contributed by atoms with van der Waals surface area (Å²) in [4.78, 5) is 14.3. The van der Waals surface area contributed by atoms with Crippen LogP contribution in [-0.2, 0) is 0 Å². The van der Waals surface area contributed by atoms with Crippen molar-refractivity contribution in [2.75, 3.05) is 26.2 Å². The minimum Gasteiger partial charge on any atom is -0.507 e. The largest absolute Gasteiger partial charge is 0.507 e. The zero-order chi connectivity index (χ0) is 15.1. The van der Waals surface area contributed by atoms with Crippen molar-refractivity contribution in [3.8, 4) is 5.75 Å². The average Bonchev–Trinajstić information content (AvgIpc) is 2.43. The van der Waals surface area contributed by atoms with Gasteiger partial charge in [-0.3, -0.25) is 4.79 Å². The Morgan fingerprint density at radius 3 is 2.43 bits per heavy atom. The molecule has 0 spiro atoms. The summed E-state index contributed by atoms with van der Waals surface area (Å²) in [6.07, 6.45) is 0. The van der Waals surface area contributed by atoms with E-state index in [-0.39, 0.29) is 30.0 Å². The van der Waals surface area contributed by atoms with Crippen LogP contribution in [0.25, 0.3) is 0 Å². The van der Waals surface area contributed by atoms with Crippen LogP contribution >= 0.6 is 12.4 Å². The van der Waals surface area contributed by atoms with Crippen LogP contribution in [0.2, 0.25) is 0 Å². The third-order valence-electron chi connectivity index (χ3n) is 3.54. The summed E-state index contributed by atoms with van der Waals surface area (Å²) in [6, 6.07) is 5.33. The quantitative estimate of drug-likeness (QED) is 0.813. The molecule has 0 unspecified atom stereocenters. The number of halogens is 1. The number of rotatable bonds is 7. The summed E-state index contributed by atoms with van der Waals surface area (Å²) in [5.41, 5.74) is 1.16. The third kappa shape index (κ3) is 5.56. The topological polar surface area (TPSA) is 52.6 Å². The lowest BCUT2D eigenvalue weighted by molar-refractivity contribution is 0.0946. The van der Waals surface area contributed by atoms with E-state index < -0.39 is 0 Å². The highest BCUT2D eigenvalue weighted by Gasteiger charge is 2.15. The van der Waals surface area contributed by atoms with Crippen molar-refractivity contribution in [3.05, 3.63) is 29.3 Å². The van der Waals surface area contributed by atoms with Gasteiger partial charge in [-0.2, -0.15) is 0 Å². The van der Waals surface area contributed by atoms with Gasteiger partial charge >= 0.3 is 0 Å². The van der Waals surface area contributed by atoms with Crippen LogP contribution in [0.1, 0.15) is 49.5 Å². The second kappa shape index (κ2) is 9.64. The monoisotopic (exact) mass is 314 g/mol. The number of benzene rings is 1. The van der Waals surface area contributed by atoms with Crippen LogP contribution in [-0.4, -0.2) is 42.1 Å². The third-order valence-corrected chi connectivity index (χ3v) is 3.54. The van der Waals surface area contributed by atoms with E-state index in [1.165, 1.54) is 0 Å². The first kappa shape index (κ1) is 19.7. The smallest absolute Gasteiger partial charge is 0.255 e. The summed E-state index contributed by atoms with van der Waals surface area (Å²) in [5, 5.41) is 13.0. The van der Waals surface area contributed by atoms with E-state index >= 15 is 0 Å². The van der Waals surface area contributed by atoms with Gasteiger partial charge in [0.25, 0.3) is 5.91 Å². The van der Waals surface area contributed by atoms with Gasteiger partial charge < -0.3 is 15.3 Å². The fraction of sp³-hybridized carbons (Fsp3) is 0.562. The van der Waals surface area contributed by atoms with Crippen molar-refractivity contribution in [2.45, 2.75) is 33.6 Å². The molecule has 0 saturated carbocycles. The van der Waals surface area contributed by atoms with E-state index in [0.29, 0.717) is 12.1 Å². The lowest BCUT2D eigenvalue weighted by Gasteiger charge is -2.18. The first-order chi connectivity index (χ1) is 9.51. The van der Waals surface area contributed by atoms with Crippen molar-refractivity contribution in [1.29, 1.82) is 0 Å². The molecule has 4 nitrogen and oxygen atoms in total. The van der Waals surface area contributed by atoms with Crippen LogP contribution in [0.5, 0.6) is 5.75 Å². The van der Waals surface area contributed by atoms with Gasteiger partial charge in [0.1, 0.15) is 5.75 Å². The van der Waals surface area contributed by atoms with E-state index in [1.54, 1.807) is 6.07 Å². The Labute approximate surface area is 133 Å². The van der Waals surface area contributed by atoms with Crippen molar-refractivity contribution in [3.63, 3.8) is 0 Å². The summed E-state index contributed by atoms with van der Waals surface area (Å²) in [5.74, 6) is 0.0819. The standard InChI is InChI=1S/C16H26N2O2.ClH/c1-5-18(6-2)11-10-17-16(20)14-9-7-8-13(12(3)4)15(14)19;/h7-9,12,19H,5-6,10-11H2,1-4H3,(H,17,20);1H. The number of carbonyl (C=O) groups excluding carboxylic acids is 1. The number of phenolic OH excluding ortho intramolecular Hbond substituents is 1. The second-order valence-corrected chi connectivity index (χ2v) is 5.18. The molecule has 0 aliphatic carbocycles. The van der Waals surface area contributed by atoms with Gasteiger partial charge in [0, 0.05) is 13.1 Å². The number of aromatic hydroxyl groups is 1. The predicted octanol–water partition coefficient (Wildman–Crippen LogP) is 3.01. The molecule has 0 aliphatic heterocycles. The number of likely N-dealkylation sites (N-methyl/N-ethyl adjacent to an activating group) is 1. The van der Waals surface area contributed by atoms with Gasteiger partial charge in [0.05, 0.1) is 5.56 Å². The van der Waals surface area contributed by atoms with Crippen LogP contribution in [0.15, 0.2) is 18.2 Å². The fourth-order valence-electron chi connectivity index (χ4n) is 2.17. The summed E-state index contributed by atoms with van der Waals surface area (Å²) >= 11 is 0. The molecular formula is C16H27ClN2O2. The molecule has 0 atom stereocenters. The molecule has 0 bridgehead atoms. The molecule has 2 N–H and O–H groups in total. The lowest BCUT2D eigenvalue weighted by atomic mass is 9.99. The molecule has 5 heteroatoms. The molecule has 1 amide bonds. The molecule has 0 aliphatic rings. The number of hydrogen-bond acceptors (Lipinski definition) is 3. The van der Waals surface area contributed by atoms with Crippen molar-refractivity contribution in [1.82, 2.24) is 10.2 Å². The van der Waals surface area contributed by atoms with E-state index in [2.05, 4.69) is 24.1 Å². The number of hydrogen-bond donors (Lipinski definition) is 2. The van der Waals surface area contributed by atoms with Crippen LogP contribution < -0.4 is 5.32 Å². The van der Waals surface area contributed by atoms with Crippen molar-refractivity contribution < 1.29 is 9.90 Å². The minimum atomic E-state index is -0.211. The molecule has 1 aromatic rings. The van der Waals surface area contributed by atoms with Gasteiger partial charge in [-0.15, -0.1) is 12.4 Å². The first-order valence-electron chi connectivity index (χ1n) is 7.33. The van der Waals surface area contributed by atoms with Gasteiger partial charge in [-0.1, -0.05) is 39.8 Å². The van der Waals surface area contributed by atoms with Gasteiger partial charge in [0.2, 0.25) is 0 Å². The Morgan fingerprint density at radius 1 is 1.29 bits per heavy atom. The number of amides is 1. The maximum Gasteiger partial charge on any atom is 0.255 e. The molecule has 0 heterocycles. The molecule has 0 fully saturated rings.